The fourth-order valence-electron chi connectivity index (χ4n) is 2.19. The molecule has 2 aromatic rings. The molecule has 0 atom stereocenters. The van der Waals surface area contributed by atoms with E-state index in [1.54, 1.807) is 24.3 Å². The van der Waals surface area contributed by atoms with Gasteiger partial charge in [0.25, 0.3) is 5.91 Å². The molecular weight excluding hydrogens is 364 g/mol. The predicted octanol–water partition coefficient (Wildman–Crippen LogP) is 2.33. The maximum absolute atomic E-state index is 11.8. The molecule has 8 heteroatoms. The Hall–Kier alpha value is -3.86. The minimum Gasteiger partial charge on any atom is -0.493 e. The molecule has 8 nitrogen and oxygen atoms in total. The Morgan fingerprint density at radius 3 is 2.54 bits per heavy atom. The molecule has 0 fully saturated rings. The third kappa shape index (κ3) is 5.85. The zero-order valence-electron chi connectivity index (χ0n) is 15.4. The van der Waals surface area contributed by atoms with Gasteiger partial charge in [-0.05, 0) is 43.3 Å². The smallest absolute Gasteiger partial charge is 0.344 e. The van der Waals surface area contributed by atoms with Crippen molar-refractivity contribution in [3.63, 3.8) is 0 Å². The molecule has 0 saturated carbocycles. The standard InChI is InChI=1S/C20H18N2O6/c1-13(23)15-6-7-17(18(9-15)26-2)27-12-20(25)28-11-19(24)22-16-5-3-4-14(8-16)10-21/h3-9H,11-12H2,1-2H3,(H,22,24). The molecule has 0 aliphatic rings. The lowest BCUT2D eigenvalue weighted by Gasteiger charge is -2.11. The lowest BCUT2D eigenvalue weighted by atomic mass is 10.1. The molecule has 28 heavy (non-hydrogen) atoms. The van der Waals surface area contributed by atoms with Crippen molar-refractivity contribution in [3.8, 4) is 17.6 Å². The van der Waals surface area contributed by atoms with Gasteiger partial charge in [0.2, 0.25) is 0 Å². The van der Waals surface area contributed by atoms with Crippen molar-refractivity contribution in [2.24, 2.45) is 0 Å². The Bertz CT molecular complexity index is 933. The topological polar surface area (TPSA) is 115 Å². The van der Waals surface area contributed by atoms with Gasteiger partial charge in [0.15, 0.2) is 30.5 Å². The van der Waals surface area contributed by atoms with Crippen LogP contribution in [-0.2, 0) is 14.3 Å². The highest BCUT2D eigenvalue weighted by atomic mass is 16.6. The molecule has 0 bridgehead atoms. The molecule has 0 saturated heterocycles. The highest BCUT2D eigenvalue weighted by Crippen LogP contribution is 2.28. The molecule has 0 spiro atoms. The third-order valence-corrected chi connectivity index (χ3v) is 3.56. The Morgan fingerprint density at radius 1 is 1.07 bits per heavy atom. The SMILES string of the molecule is COc1cc(C(C)=O)ccc1OCC(=O)OCC(=O)Nc1cccc(C#N)c1. The van der Waals surface area contributed by atoms with E-state index in [4.69, 9.17) is 19.5 Å². The van der Waals surface area contributed by atoms with Crippen LogP contribution in [0.4, 0.5) is 5.69 Å². The number of esters is 1. The Labute approximate surface area is 161 Å². The number of rotatable bonds is 8. The summed E-state index contributed by atoms with van der Waals surface area (Å²) >= 11 is 0. The van der Waals surface area contributed by atoms with Crippen molar-refractivity contribution in [1.82, 2.24) is 0 Å². The molecule has 0 heterocycles. The summed E-state index contributed by atoms with van der Waals surface area (Å²) in [6.45, 7) is 0.487. The van der Waals surface area contributed by atoms with Crippen LogP contribution < -0.4 is 14.8 Å². The molecule has 1 N–H and O–H groups in total. The summed E-state index contributed by atoms with van der Waals surface area (Å²) in [5.74, 6) is -0.862. The summed E-state index contributed by atoms with van der Waals surface area (Å²) in [7, 11) is 1.41. The number of ketones is 1. The fourth-order valence-corrected chi connectivity index (χ4v) is 2.19. The van der Waals surface area contributed by atoms with Gasteiger partial charge in [0.05, 0.1) is 18.7 Å². The van der Waals surface area contributed by atoms with Gasteiger partial charge < -0.3 is 19.5 Å². The van der Waals surface area contributed by atoms with Gasteiger partial charge in [-0.1, -0.05) is 6.07 Å². The number of carbonyl (C=O) groups excluding carboxylic acids is 3. The van der Waals surface area contributed by atoms with Crippen LogP contribution in [0.5, 0.6) is 11.5 Å². The molecule has 0 radical (unpaired) electrons. The van der Waals surface area contributed by atoms with Gasteiger partial charge in [0, 0.05) is 11.3 Å². The van der Waals surface area contributed by atoms with Crippen LogP contribution in [0.1, 0.15) is 22.8 Å². The molecule has 1 amide bonds. The van der Waals surface area contributed by atoms with Crippen LogP contribution in [-0.4, -0.2) is 38.0 Å². The van der Waals surface area contributed by atoms with E-state index in [1.807, 2.05) is 6.07 Å². The highest BCUT2D eigenvalue weighted by molar-refractivity contribution is 5.95. The number of nitrogens with zero attached hydrogens (tertiary/aromatic N) is 1. The van der Waals surface area contributed by atoms with Gasteiger partial charge in [-0.15, -0.1) is 0 Å². The summed E-state index contributed by atoms with van der Waals surface area (Å²) < 4.78 is 15.3. The Balaban J connectivity index is 1.83. The largest absolute Gasteiger partial charge is 0.493 e. The summed E-state index contributed by atoms with van der Waals surface area (Å²) in [5, 5.41) is 11.4. The second-order valence-electron chi connectivity index (χ2n) is 5.61. The Kier molecular flexibility index (Phi) is 7.11. The van der Waals surface area contributed by atoms with E-state index in [-0.39, 0.29) is 11.5 Å². The first-order chi connectivity index (χ1) is 13.4. The van der Waals surface area contributed by atoms with Gasteiger partial charge in [-0.25, -0.2) is 4.79 Å². The molecule has 0 aliphatic heterocycles. The molecule has 0 aromatic heterocycles. The van der Waals surface area contributed by atoms with E-state index >= 15 is 0 Å². The number of benzene rings is 2. The second kappa shape index (κ2) is 9.73. The lowest BCUT2D eigenvalue weighted by molar-refractivity contribution is -0.149. The van der Waals surface area contributed by atoms with Crippen LogP contribution in [0.2, 0.25) is 0 Å². The molecule has 0 aliphatic carbocycles. The quantitative estimate of drug-likeness (QED) is 0.550. The molecule has 0 unspecified atom stereocenters. The minimum absolute atomic E-state index is 0.129. The number of anilines is 1. The predicted molar refractivity (Wildman–Crippen MR) is 99.2 cm³/mol. The van der Waals surface area contributed by atoms with Crippen molar-refractivity contribution >= 4 is 23.3 Å². The molecular formula is C20H18N2O6. The van der Waals surface area contributed by atoms with Crippen LogP contribution in [0, 0.1) is 11.3 Å². The van der Waals surface area contributed by atoms with Crippen LogP contribution in [0.25, 0.3) is 0 Å². The van der Waals surface area contributed by atoms with Crippen molar-refractivity contribution in [2.45, 2.75) is 6.92 Å². The monoisotopic (exact) mass is 382 g/mol. The molecule has 2 aromatic carbocycles. The first-order valence-electron chi connectivity index (χ1n) is 8.20. The minimum atomic E-state index is -0.751. The average molecular weight is 382 g/mol. The first-order valence-corrected chi connectivity index (χ1v) is 8.20. The third-order valence-electron chi connectivity index (χ3n) is 3.56. The van der Waals surface area contributed by atoms with Gasteiger partial charge in [-0.3, -0.25) is 9.59 Å². The number of hydrogen-bond donors (Lipinski definition) is 1. The van der Waals surface area contributed by atoms with E-state index in [2.05, 4.69) is 5.32 Å². The highest BCUT2D eigenvalue weighted by Gasteiger charge is 2.12. The van der Waals surface area contributed by atoms with E-state index in [1.165, 1.54) is 32.2 Å². The van der Waals surface area contributed by atoms with Gasteiger partial charge in [0.1, 0.15) is 0 Å². The first kappa shape index (κ1) is 20.5. The summed E-state index contributed by atoms with van der Waals surface area (Å²) in [4.78, 5) is 35.0. The van der Waals surface area contributed by atoms with Crippen LogP contribution >= 0.6 is 0 Å². The van der Waals surface area contributed by atoms with Gasteiger partial charge >= 0.3 is 5.97 Å². The number of nitrogens with one attached hydrogen (secondary N) is 1. The number of carbonyl (C=O) groups is 3. The average Bonchev–Trinajstić information content (AvgIpc) is 2.70. The Morgan fingerprint density at radius 2 is 1.86 bits per heavy atom. The second-order valence-corrected chi connectivity index (χ2v) is 5.61. The van der Waals surface area contributed by atoms with Crippen molar-refractivity contribution in [1.29, 1.82) is 5.26 Å². The van der Waals surface area contributed by atoms with E-state index in [9.17, 15) is 14.4 Å². The molecule has 2 rings (SSSR count). The summed E-state index contributed by atoms with van der Waals surface area (Å²) in [6.07, 6.45) is 0. The number of ether oxygens (including phenoxy) is 3. The van der Waals surface area contributed by atoms with E-state index in [0.29, 0.717) is 22.6 Å². The van der Waals surface area contributed by atoms with E-state index < -0.39 is 25.1 Å². The van der Waals surface area contributed by atoms with Crippen molar-refractivity contribution in [3.05, 3.63) is 53.6 Å². The normalized spacial score (nSPS) is 9.75. The summed E-state index contributed by atoms with van der Waals surface area (Å²) in [6, 6.07) is 12.9. The van der Waals surface area contributed by atoms with Gasteiger partial charge in [-0.2, -0.15) is 5.26 Å². The van der Waals surface area contributed by atoms with E-state index in [0.717, 1.165) is 0 Å². The zero-order valence-corrected chi connectivity index (χ0v) is 15.4. The lowest BCUT2D eigenvalue weighted by Crippen LogP contribution is -2.23. The fraction of sp³-hybridized carbons (Fsp3) is 0.200. The number of amides is 1. The zero-order chi connectivity index (χ0) is 20.5. The van der Waals surface area contributed by atoms with Crippen LogP contribution in [0.3, 0.4) is 0 Å². The number of hydrogen-bond acceptors (Lipinski definition) is 7. The van der Waals surface area contributed by atoms with Crippen LogP contribution in [0.15, 0.2) is 42.5 Å². The molecule has 144 valence electrons. The maximum atomic E-state index is 11.8. The number of nitriles is 1. The van der Waals surface area contributed by atoms with Crippen molar-refractivity contribution < 1.29 is 28.6 Å². The number of methoxy groups -OCH3 is 1. The summed E-state index contributed by atoms with van der Waals surface area (Å²) in [5.41, 5.74) is 1.27. The number of Topliss-reactive ketones (excluding diaryl/α,β-unsaturated/α-hetero) is 1. The maximum Gasteiger partial charge on any atom is 0.344 e. The van der Waals surface area contributed by atoms with Crippen molar-refractivity contribution in [2.75, 3.05) is 25.6 Å².